The van der Waals surface area contributed by atoms with Gasteiger partial charge >= 0.3 is 0 Å². The number of halogens is 1. The molecular formula is C14H15FN2O. The molecule has 0 fully saturated rings. The number of aryl methyl sites for hydroxylation is 1. The van der Waals surface area contributed by atoms with Gasteiger partial charge in [-0.3, -0.25) is 4.79 Å². The van der Waals surface area contributed by atoms with Crippen molar-refractivity contribution in [3.05, 3.63) is 64.3 Å². The summed E-state index contributed by atoms with van der Waals surface area (Å²) in [5, 5.41) is 2.99. The van der Waals surface area contributed by atoms with Crippen molar-refractivity contribution in [3.63, 3.8) is 0 Å². The van der Waals surface area contributed by atoms with Crippen molar-refractivity contribution in [2.45, 2.75) is 13.5 Å². The predicted molar refractivity (Wildman–Crippen MR) is 70.3 cm³/mol. The van der Waals surface area contributed by atoms with E-state index in [9.17, 15) is 9.18 Å². The Morgan fingerprint density at radius 3 is 2.83 bits per heavy atom. The molecule has 0 aliphatic heterocycles. The molecule has 1 heterocycles. The number of hydrogen-bond acceptors (Lipinski definition) is 2. The summed E-state index contributed by atoms with van der Waals surface area (Å²) in [6, 6.07) is 10.2. The molecule has 0 saturated heterocycles. The lowest BCUT2D eigenvalue weighted by Gasteiger charge is -2.10. The van der Waals surface area contributed by atoms with Gasteiger partial charge in [0, 0.05) is 25.4 Å². The average Bonchev–Trinajstić information content (AvgIpc) is 2.37. The number of rotatable bonds is 4. The molecule has 0 aliphatic rings. The summed E-state index contributed by atoms with van der Waals surface area (Å²) in [6.07, 6.45) is 1.72. The minimum absolute atomic E-state index is 0.0518. The maximum absolute atomic E-state index is 13.7. The van der Waals surface area contributed by atoms with Crippen molar-refractivity contribution in [3.8, 4) is 0 Å². The van der Waals surface area contributed by atoms with E-state index in [2.05, 4.69) is 5.32 Å². The quantitative estimate of drug-likeness (QED) is 0.898. The van der Waals surface area contributed by atoms with Crippen molar-refractivity contribution in [1.29, 1.82) is 0 Å². The summed E-state index contributed by atoms with van der Waals surface area (Å²) in [6.45, 7) is 2.74. The maximum Gasteiger partial charge on any atom is 0.250 e. The monoisotopic (exact) mass is 246 g/mol. The fourth-order valence-corrected chi connectivity index (χ4v) is 1.74. The molecule has 0 bridgehead atoms. The first-order chi connectivity index (χ1) is 8.68. The SMILES string of the molecule is Cc1cccc(NCCn2ccccc2=O)c1F. The van der Waals surface area contributed by atoms with Crippen LogP contribution in [0.25, 0.3) is 0 Å². The van der Waals surface area contributed by atoms with Crippen LogP contribution in [0.5, 0.6) is 0 Å². The zero-order valence-corrected chi connectivity index (χ0v) is 10.2. The number of aromatic nitrogens is 1. The molecule has 0 aliphatic carbocycles. The van der Waals surface area contributed by atoms with Gasteiger partial charge in [0.05, 0.1) is 5.69 Å². The summed E-state index contributed by atoms with van der Waals surface area (Å²) >= 11 is 0. The number of hydrogen-bond donors (Lipinski definition) is 1. The lowest BCUT2D eigenvalue weighted by atomic mass is 10.2. The fourth-order valence-electron chi connectivity index (χ4n) is 1.74. The van der Waals surface area contributed by atoms with E-state index < -0.39 is 0 Å². The molecule has 1 aromatic heterocycles. The first kappa shape index (κ1) is 12.4. The van der Waals surface area contributed by atoms with Crippen LogP contribution in [0, 0.1) is 12.7 Å². The minimum Gasteiger partial charge on any atom is -0.381 e. The molecule has 0 radical (unpaired) electrons. The summed E-state index contributed by atoms with van der Waals surface area (Å²) in [4.78, 5) is 11.4. The Kier molecular flexibility index (Phi) is 3.77. The van der Waals surface area contributed by atoms with Crippen LogP contribution in [-0.2, 0) is 6.54 Å². The highest BCUT2D eigenvalue weighted by atomic mass is 19.1. The molecular weight excluding hydrogens is 231 g/mol. The fraction of sp³-hybridized carbons (Fsp3) is 0.214. The number of benzene rings is 1. The second kappa shape index (κ2) is 5.49. The third-order valence-corrected chi connectivity index (χ3v) is 2.76. The number of nitrogens with one attached hydrogen (secondary N) is 1. The van der Waals surface area contributed by atoms with Crippen molar-refractivity contribution >= 4 is 5.69 Å². The van der Waals surface area contributed by atoms with Crippen LogP contribution in [0.1, 0.15) is 5.56 Å². The van der Waals surface area contributed by atoms with Crippen LogP contribution < -0.4 is 10.9 Å². The van der Waals surface area contributed by atoms with Crippen molar-refractivity contribution in [1.82, 2.24) is 4.57 Å². The van der Waals surface area contributed by atoms with Gasteiger partial charge in [-0.15, -0.1) is 0 Å². The number of pyridine rings is 1. The van der Waals surface area contributed by atoms with E-state index in [1.165, 1.54) is 6.07 Å². The highest BCUT2D eigenvalue weighted by molar-refractivity contribution is 5.47. The van der Waals surface area contributed by atoms with E-state index in [1.54, 1.807) is 48.0 Å². The zero-order chi connectivity index (χ0) is 13.0. The van der Waals surface area contributed by atoms with Crippen LogP contribution in [0.15, 0.2) is 47.4 Å². The smallest absolute Gasteiger partial charge is 0.250 e. The van der Waals surface area contributed by atoms with Gasteiger partial charge in [0.2, 0.25) is 0 Å². The first-order valence-corrected chi connectivity index (χ1v) is 5.83. The molecule has 1 N–H and O–H groups in total. The Hall–Kier alpha value is -2.10. The number of anilines is 1. The van der Waals surface area contributed by atoms with E-state index in [0.29, 0.717) is 24.3 Å². The minimum atomic E-state index is -0.238. The first-order valence-electron chi connectivity index (χ1n) is 5.83. The van der Waals surface area contributed by atoms with Crippen LogP contribution in [-0.4, -0.2) is 11.1 Å². The van der Waals surface area contributed by atoms with Gasteiger partial charge in [-0.25, -0.2) is 4.39 Å². The molecule has 0 amide bonds. The van der Waals surface area contributed by atoms with Crippen molar-refractivity contribution in [2.24, 2.45) is 0 Å². The molecule has 0 unspecified atom stereocenters. The number of nitrogens with zero attached hydrogens (tertiary/aromatic N) is 1. The Balaban J connectivity index is 1.99. The molecule has 18 heavy (non-hydrogen) atoms. The predicted octanol–water partition coefficient (Wildman–Crippen LogP) is 2.41. The summed E-state index contributed by atoms with van der Waals surface area (Å²) in [5.41, 5.74) is 1.03. The third-order valence-electron chi connectivity index (χ3n) is 2.76. The van der Waals surface area contributed by atoms with Crippen LogP contribution in [0.2, 0.25) is 0 Å². The Morgan fingerprint density at radius 2 is 2.06 bits per heavy atom. The maximum atomic E-state index is 13.7. The average molecular weight is 246 g/mol. The largest absolute Gasteiger partial charge is 0.381 e. The van der Waals surface area contributed by atoms with Crippen LogP contribution in [0.3, 0.4) is 0 Å². The van der Waals surface area contributed by atoms with E-state index in [-0.39, 0.29) is 11.4 Å². The van der Waals surface area contributed by atoms with Crippen molar-refractivity contribution < 1.29 is 4.39 Å². The molecule has 0 saturated carbocycles. The molecule has 1 aromatic carbocycles. The van der Waals surface area contributed by atoms with Gasteiger partial charge in [-0.1, -0.05) is 18.2 Å². The third kappa shape index (κ3) is 2.77. The summed E-state index contributed by atoms with van der Waals surface area (Å²) in [5.74, 6) is -0.238. The lowest BCUT2D eigenvalue weighted by Crippen LogP contribution is -2.22. The molecule has 2 rings (SSSR count). The normalized spacial score (nSPS) is 10.3. The molecule has 2 aromatic rings. The molecule has 4 heteroatoms. The topological polar surface area (TPSA) is 34.0 Å². The van der Waals surface area contributed by atoms with Gasteiger partial charge < -0.3 is 9.88 Å². The molecule has 94 valence electrons. The van der Waals surface area contributed by atoms with Gasteiger partial charge in [0.1, 0.15) is 5.82 Å². The molecule has 0 spiro atoms. The zero-order valence-electron chi connectivity index (χ0n) is 10.2. The highest BCUT2D eigenvalue weighted by Crippen LogP contribution is 2.16. The van der Waals surface area contributed by atoms with E-state index in [1.807, 2.05) is 0 Å². The van der Waals surface area contributed by atoms with E-state index in [0.717, 1.165) is 0 Å². The van der Waals surface area contributed by atoms with Crippen molar-refractivity contribution in [2.75, 3.05) is 11.9 Å². The Bertz CT molecular complexity index is 592. The second-order valence-corrected chi connectivity index (χ2v) is 4.10. The van der Waals surface area contributed by atoms with Crippen LogP contribution in [0.4, 0.5) is 10.1 Å². The summed E-state index contributed by atoms with van der Waals surface area (Å²) in [7, 11) is 0. The molecule has 0 atom stereocenters. The van der Waals surface area contributed by atoms with Gasteiger partial charge in [0.25, 0.3) is 5.56 Å². The Labute approximate surface area is 105 Å². The summed E-state index contributed by atoms with van der Waals surface area (Å²) < 4.78 is 15.3. The van der Waals surface area contributed by atoms with E-state index >= 15 is 0 Å². The highest BCUT2D eigenvalue weighted by Gasteiger charge is 2.03. The van der Waals surface area contributed by atoms with Gasteiger partial charge in [-0.2, -0.15) is 0 Å². The van der Waals surface area contributed by atoms with Crippen LogP contribution >= 0.6 is 0 Å². The van der Waals surface area contributed by atoms with Gasteiger partial charge in [-0.05, 0) is 24.6 Å². The Morgan fingerprint density at radius 1 is 1.22 bits per heavy atom. The van der Waals surface area contributed by atoms with E-state index in [4.69, 9.17) is 0 Å². The second-order valence-electron chi connectivity index (χ2n) is 4.10. The molecule has 3 nitrogen and oxygen atoms in total. The lowest BCUT2D eigenvalue weighted by molar-refractivity contribution is 0.618. The van der Waals surface area contributed by atoms with Gasteiger partial charge in [0.15, 0.2) is 0 Å². The standard InChI is InChI=1S/C14H15FN2O/c1-11-5-4-6-12(14(11)15)16-8-10-17-9-3-2-7-13(17)18/h2-7,9,16H,8,10H2,1H3.